The number of amides is 1. The molecule has 0 aliphatic rings. The highest BCUT2D eigenvalue weighted by atomic mass is 31.2. The lowest BCUT2D eigenvalue weighted by Crippen LogP contribution is -2.47. The van der Waals surface area contributed by atoms with E-state index in [1.807, 2.05) is 33.3 Å². The van der Waals surface area contributed by atoms with Gasteiger partial charge in [0.15, 0.2) is 0 Å². The van der Waals surface area contributed by atoms with Crippen LogP contribution in [0.3, 0.4) is 0 Å². The van der Waals surface area contributed by atoms with Crippen molar-refractivity contribution in [2.24, 2.45) is 0 Å². The van der Waals surface area contributed by atoms with Crippen LogP contribution in [0.5, 0.6) is 0 Å². The van der Waals surface area contributed by atoms with Crippen molar-refractivity contribution in [2.45, 2.75) is 373 Å². The SMILES string of the molecule is CCCCC/C=C\C/C=C\CCCCCCCCCCCCCCCC(=O)NC(COP(=O)([O-])OCC[N+](C)(C)C)C(/C=C/CCCCCCCCCCCC)OC(=O)CCCCCCCCCCCCCCC/C=C/CCCCCCCC. The lowest BCUT2D eigenvalue weighted by Gasteiger charge is -2.30. The van der Waals surface area contributed by atoms with Crippen molar-refractivity contribution in [1.82, 2.24) is 5.32 Å². The number of unbranched alkanes of at least 4 members (excludes halogenated alkanes) is 45. The lowest BCUT2D eigenvalue weighted by molar-refractivity contribution is -0.870. The third-order valence-corrected chi connectivity index (χ3v) is 17.4. The number of nitrogens with one attached hydrogen (secondary N) is 1. The van der Waals surface area contributed by atoms with Crippen molar-refractivity contribution in [3.05, 3.63) is 48.6 Å². The topological polar surface area (TPSA) is 114 Å². The minimum atomic E-state index is -4.70. The van der Waals surface area contributed by atoms with Gasteiger partial charge in [-0.1, -0.05) is 307 Å². The van der Waals surface area contributed by atoms with E-state index in [-0.39, 0.29) is 31.5 Å². The fraction of sp³-hybridized carbons (Fsp3) is 0.865. The Morgan fingerprint density at radius 1 is 0.417 bits per heavy atom. The summed E-state index contributed by atoms with van der Waals surface area (Å²) in [7, 11) is 1.20. The molecular formula is C74H141N2O7P. The molecule has 1 amide bonds. The Morgan fingerprint density at radius 3 is 1.11 bits per heavy atom. The second-order valence-electron chi connectivity index (χ2n) is 26.1. The summed E-state index contributed by atoms with van der Waals surface area (Å²) < 4.78 is 30.5. The van der Waals surface area contributed by atoms with E-state index in [0.717, 1.165) is 64.2 Å². The summed E-state index contributed by atoms with van der Waals surface area (Å²) >= 11 is 0. The third-order valence-electron chi connectivity index (χ3n) is 16.5. The van der Waals surface area contributed by atoms with Gasteiger partial charge in [0.05, 0.1) is 33.8 Å². The standard InChI is InChI=1S/C74H141N2O7P/c1-7-10-13-16-19-22-25-28-30-32-34-36-38-40-42-44-46-48-51-54-57-60-63-66-73(77)75-71(70-82-84(79,80)81-69-68-76(4,5)6)72(65-62-59-56-53-50-27-24-21-18-15-12-9-3)83-74(78)67-64-61-58-55-52-49-47-45-43-41-39-37-35-33-31-29-26-23-20-17-14-11-8-2/h19,22,28-31,62,65,71-72H,7-18,20-21,23-27,32-61,63-64,66-70H2,1-6H3,(H-,75,77,79,80)/b22-19-,30-28-,31-29+,65-62+. The van der Waals surface area contributed by atoms with Gasteiger partial charge in [0, 0.05) is 12.8 Å². The molecule has 0 aliphatic carbocycles. The number of esters is 1. The van der Waals surface area contributed by atoms with E-state index in [1.54, 1.807) is 0 Å². The summed E-state index contributed by atoms with van der Waals surface area (Å²) in [5.41, 5.74) is 0. The molecule has 84 heavy (non-hydrogen) atoms. The minimum Gasteiger partial charge on any atom is -0.756 e. The fourth-order valence-electron chi connectivity index (χ4n) is 10.8. The number of carbonyl (C=O) groups is 2. The first-order valence-corrected chi connectivity index (χ1v) is 37.9. The molecule has 0 aliphatic heterocycles. The van der Waals surface area contributed by atoms with E-state index in [0.29, 0.717) is 17.4 Å². The lowest BCUT2D eigenvalue weighted by atomic mass is 10.0. The molecule has 0 fully saturated rings. The summed E-state index contributed by atoms with van der Waals surface area (Å²) in [6.45, 7) is 6.87. The molecule has 3 unspecified atom stereocenters. The van der Waals surface area contributed by atoms with Gasteiger partial charge >= 0.3 is 5.97 Å². The number of rotatable bonds is 67. The fourth-order valence-corrected chi connectivity index (χ4v) is 11.6. The van der Waals surface area contributed by atoms with E-state index < -0.39 is 20.0 Å². The predicted octanol–water partition coefficient (Wildman–Crippen LogP) is 22.6. The normalized spacial score (nSPS) is 13.8. The molecule has 0 spiro atoms. The van der Waals surface area contributed by atoms with Crippen LogP contribution in [0.25, 0.3) is 0 Å². The summed E-state index contributed by atoms with van der Waals surface area (Å²) in [4.78, 5) is 40.2. The number of likely N-dealkylation sites (N-methyl/N-ethyl adjacent to an activating group) is 1. The Bertz CT molecular complexity index is 1570. The van der Waals surface area contributed by atoms with Crippen molar-refractivity contribution >= 4 is 19.7 Å². The smallest absolute Gasteiger partial charge is 0.306 e. The van der Waals surface area contributed by atoms with E-state index in [9.17, 15) is 19.0 Å². The van der Waals surface area contributed by atoms with Crippen molar-refractivity contribution in [3.63, 3.8) is 0 Å². The molecule has 494 valence electrons. The molecule has 0 aromatic heterocycles. The summed E-state index contributed by atoms with van der Waals surface area (Å²) in [5, 5.41) is 3.05. The van der Waals surface area contributed by atoms with Crippen LogP contribution in [-0.2, 0) is 27.9 Å². The molecule has 10 heteroatoms. The molecule has 0 bridgehead atoms. The van der Waals surface area contributed by atoms with Crippen LogP contribution in [0.15, 0.2) is 48.6 Å². The van der Waals surface area contributed by atoms with Gasteiger partial charge in [0.25, 0.3) is 7.82 Å². The summed E-state index contributed by atoms with van der Waals surface area (Å²) in [6.07, 6.45) is 80.9. The zero-order chi connectivity index (χ0) is 61.4. The van der Waals surface area contributed by atoms with Crippen LogP contribution in [0, 0.1) is 0 Å². The second-order valence-corrected chi connectivity index (χ2v) is 27.5. The maximum absolute atomic E-state index is 13.6. The molecule has 9 nitrogen and oxygen atoms in total. The van der Waals surface area contributed by atoms with Crippen LogP contribution in [0.1, 0.15) is 361 Å². The molecule has 0 heterocycles. The van der Waals surface area contributed by atoms with Crippen molar-refractivity contribution < 1.29 is 37.3 Å². The Kier molecular flexibility index (Phi) is 62.4. The monoisotopic (exact) mass is 1200 g/mol. The Morgan fingerprint density at radius 2 is 0.726 bits per heavy atom. The summed E-state index contributed by atoms with van der Waals surface area (Å²) in [5.74, 6) is -0.525. The Balaban J connectivity index is 5.02. The van der Waals surface area contributed by atoms with Gasteiger partial charge < -0.3 is 28.5 Å². The van der Waals surface area contributed by atoms with Crippen LogP contribution in [-0.4, -0.2) is 69.4 Å². The minimum absolute atomic E-state index is 0.0208. The van der Waals surface area contributed by atoms with E-state index >= 15 is 0 Å². The highest BCUT2D eigenvalue weighted by Crippen LogP contribution is 2.38. The second kappa shape index (κ2) is 64.0. The number of hydrogen-bond donors (Lipinski definition) is 1. The first-order valence-electron chi connectivity index (χ1n) is 36.4. The number of hydrogen-bond acceptors (Lipinski definition) is 7. The van der Waals surface area contributed by atoms with Gasteiger partial charge in [-0.25, -0.2) is 0 Å². The number of allylic oxidation sites excluding steroid dienone is 7. The Labute approximate surface area is 522 Å². The van der Waals surface area contributed by atoms with Gasteiger partial charge in [-0.05, 0) is 89.5 Å². The number of ether oxygens (including phenoxy) is 1. The number of phosphoric acid groups is 1. The van der Waals surface area contributed by atoms with Crippen molar-refractivity contribution in [1.29, 1.82) is 0 Å². The van der Waals surface area contributed by atoms with Gasteiger partial charge in [-0.3, -0.25) is 14.2 Å². The first-order chi connectivity index (χ1) is 40.9. The van der Waals surface area contributed by atoms with Gasteiger partial charge in [-0.2, -0.15) is 0 Å². The molecule has 0 rings (SSSR count). The zero-order valence-electron chi connectivity index (χ0n) is 56.6. The molecule has 0 saturated heterocycles. The van der Waals surface area contributed by atoms with Gasteiger partial charge in [0.1, 0.15) is 19.3 Å². The van der Waals surface area contributed by atoms with Crippen molar-refractivity contribution in [3.8, 4) is 0 Å². The average Bonchev–Trinajstić information content (AvgIpc) is 3.64. The zero-order valence-corrected chi connectivity index (χ0v) is 57.5. The maximum atomic E-state index is 13.6. The molecule has 1 N–H and O–H groups in total. The average molecular weight is 1200 g/mol. The quantitative estimate of drug-likeness (QED) is 0.0212. The number of carbonyl (C=O) groups excluding carboxylic acids is 2. The van der Waals surface area contributed by atoms with E-state index in [1.165, 1.54) is 263 Å². The first kappa shape index (κ1) is 82.0. The van der Waals surface area contributed by atoms with Gasteiger partial charge in [-0.15, -0.1) is 0 Å². The van der Waals surface area contributed by atoms with E-state index in [4.69, 9.17) is 13.8 Å². The molecule has 0 aromatic carbocycles. The molecule has 0 aromatic rings. The number of phosphoric ester groups is 1. The molecule has 0 radical (unpaired) electrons. The predicted molar refractivity (Wildman–Crippen MR) is 363 cm³/mol. The van der Waals surface area contributed by atoms with Crippen LogP contribution in [0.2, 0.25) is 0 Å². The number of quaternary nitrogens is 1. The maximum Gasteiger partial charge on any atom is 0.306 e. The molecule has 0 saturated carbocycles. The van der Waals surface area contributed by atoms with Crippen LogP contribution >= 0.6 is 7.82 Å². The largest absolute Gasteiger partial charge is 0.756 e. The third kappa shape index (κ3) is 64.4. The van der Waals surface area contributed by atoms with Gasteiger partial charge in [0.2, 0.25) is 5.91 Å². The molecule has 3 atom stereocenters. The van der Waals surface area contributed by atoms with Crippen LogP contribution < -0.4 is 10.2 Å². The Hall–Kier alpha value is -2.03. The number of nitrogens with zero attached hydrogens (tertiary/aromatic N) is 1. The highest BCUT2D eigenvalue weighted by molar-refractivity contribution is 7.45. The highest BCUT2D eigenvalue weighted by Gasteiger charge is 2.27. The van der Waals surface area contributed by atoms with Crippen molar-refractivity contribution in [2.75, 3.05) is 40.9 Å². The van der Waals surface area contributed by atoms with Crippen LogP contribution in [0.4, 0.5) is 0 Å². The summed E-state index contributed by atoms with van der Waals surface area (Å²) in [6, 6.07) is -0.888. The van der Waals surface area contributed by atoms with E-state index in [2.05, 4.69) is 62.5 Å². The molecular weight excluding hydrogens is 1060 g/mol.